The Hall–Kier alpha value is -7.74. The zero-order chi connectivity index (χ0) is 49.5. The maximum Gasteiger partial charge on any atom is 0.0393 e. The van der Waals surface area contributed by atoms with Crippen molar-refractivity contribution in [1.82, 2.24) is 0 Å². The van der Waals surface area contributed by atoms with E-state index in [4.69, 9.17) is 5.73 Å². The Morgan fingerprint density at radius 3 is 1.39 bits per heavy atom. The van der Waals surface area contributed by atoms with Crippen molar-refractivity contribution in [3.05, 3.63) is 310 Å². The number of benzene rings is 9. The van der Waals surface area contributed by atoms with E-state index >= 15 is 0 Å². The summed E-state index contributed by atoms with van der Waals surface area (Å²) in [5.41, 5.74) is 28.2. The van der Waals surface area contributed by atoms with Gasteiger partial charge in [0.2, 0.25) is 0 Å². The van der Waals surface area contributed by atoms with E-state index in [1.54, 1.807) is 0 Å². The zero-order valence-electron chi connectivity index (χ0n) is 42.4. The summed E-state index contributed by atoms with van der Waals surface area (Å²) in [6, 6.07) is 80.6. The number of rotatable bonds is 7. The molecule has 0 heterocycles. The SMILES string of the molecule is Cc1ccc(C)c(-c2ccccc2C)c1.Cc1ccc(C2=CCC(Cc3ccc(Cc4ccccc4)c(-c4ccccc4N)c3)C=C2)cc1.Cc1ccccc1.Cc1ccccc1.Cc1ccccc1. The third-order valence-electron chi connectivity index (χ3n) is 12.4. The van der Waals surface area contributed by atoms with E-state index in [0.29, 0.717) is 5.92 Å². The van der Waals surface area contributed by atoms with Crippen LogP contribution in [0.5, 0.6) is 0 Å². The van der Waals surface area contributed by atoms with E-state index in [1.807, 2.05) is 66.7 Å². The highest BCUT2D eigenvalue weighted by atomic mass is 14.6. The number of hydrogen-bond acceptors (Lipinski definition) is 1. The van der Waals surface area contributed by atoms with E-state index in [2.05, 4.69) is 230 Å². The molecule has 352 valence electrons. The predicted octanol–water partition coefficient (Wildman–Crippen LogP) is 18.3. The van der Waals surface area contributed by atoms with Crippen LogP contribution in [0.4, 0.5) is 5.69 Å². The van der Waals surface area contributed by atoms with Crippen LogP contribution in [0.15, 0.2) is 249 Å². The molecule has 1 heteroatoms. The molecular weight excluding hydrogens is 843 g/mol. The highest BCUT2D eigenvalue weighted by Crippen LogP contribution is 2.34. The molecule has 0 saturated carbocycles. The van der Waals surface area contributed by atoms with Crippen molar-refractivity contribution < 1.29 is 0 Å². The van der Waals surface area contributed by atoms with Gasteiger partial charge >= 0.3 is 0 Å². The van der Waals surface area contributed by atoms with Crippen molar-refractivity contribution in [2.45, 2.75) is 67.7 Å². The molecule has 1 unspecified atom stereocenters. The van der Waals surface area contributed by atoms with Gasteiger partial charge in [-0.3, -0.25) is 0 Å². The highest BCUT2D eigenvalue weighted by molar-refractivity contribution is 5.79. The highest BCUT2D eigenvalue weighted by Gasteiger charge is 2.15. The standard InChI is InChI=1S/C33H31N.C15H16.3C7H8/c1-24-11-16-28(17-12-24)29-18-13-26(14-19-29)21-27-15-20-30(22-25-7-3-2-4-8-25)32(23-27)31-9-5-6-10-33(31)34;1-11-8-9-13(3)15(10-11)14-7-5-4-6-12(14)2;3*1-7-5-3-2-4-6-7/h2-13,15-20,23,26H,14,21-22,34H2,1H3;4-10H,1-3H3;3*2-6H,1H3. The van der Waals surface area contributed by atoms with Crippen molar-refractivity contribution in [3.63, 3.8) is 0 Å². The van der Waals surface area contributed by atoms with Crippen molar-refractivity contribution in [2.24, 2.45) is 5.92 Å². The second kappa shape index (κ2) is 27.3. The minimum absolute atomic E-state index is 0.509. The number of allylic oxidation sites excluding steroid dienone is 4. The number of nitrogen functional groups attached to an aromatic ring is 1. The molecule has 1 nitrogen and oxygen atoms in total. The first-order valence-corrected chi connectivity index (χ1v) is 24.7. The van der Waals surface area contributed by atoms with E-state index in [1.165, 1.54) is 83.5 Å². The lowest BCUT2D eigenvalue weighted by molar-refractivity contribution is 0.655. The number of hydrogen-bond donors (Lipinski definition) is 1. The molecule has 0 radical (unpaired) electrons. The van der Waals surface area contributed by atoms with Crippen LogP contribution < -0.4 is 5.73 Å². The van der Waals surface area contributed by atoms with Gasteiger partial charge in [0.1, 0.15) is 0 Å². The van der Waals surface area contributed by atoms with Crippen LogP contribution in [0.3, 0.4) is 0 Å². The molecule has 0 aliphatic heterocycles. The molecule has 2 N–H and O–H groups in total. The van der Waals surface area contributed by atoms with Crippen LogP contribution in [0.2, 0.25) is 0 Å². The van der Waals surface area contributed by atoms with Gasteiger partial charge < -0.3 is 5.73 Å². The molecule has 1 aliphatic carbocycles. The summed E-state index contributed by atoms with van der Waals surface area (Å²) in [6.45, 7) is 14.9. The minimum atomic E-state index is 0.509. The summed E-state index contributed by atoms with van der Waals surface area (Å²) in [5.74, 6) is 0.509. The minimum Gasteiger partial charge on any atom is -0.398 e. The molecule has 0 fully saturated rings. The van der Waals surface area contributed by atoms with Gasteiger partial charge in [0.25, 0.3) is 0 Å². The third kappa shape index (κ3) is 16.8. The number of aryl methyl sites for hydroxylation is 7. The van der Waals surface area contributed by atoms with Crippen LogP contribution in [0.1, 0.15) is 67.6 Å². The van der Waals surface area contributed by atoms with Gasteiger partial charge in [0, 0.05) is 11.3 Å². The number of nitrogens with two attached hydrogens (primary N) is 1. The Morgan fingerprint density at radius 1 is 0.386 bits per heavy atom. The van der Waals surface area contributed by atoms with E-state index < -0.39 is 0 Å². The Kier molecular flexibility index (Phi) is 20.1. The Bertz CT molecular complexity index is 2910. The molecule has 9 aromatic carbocycles. The molecule has 10 rings (SSSR count). The van der Waals surface area contributed by atoms with Gasteiger partial charge in [-0.15, -0.1) is 0 Å². The second-order valence-electron chi connectivity index (χ2n) is 18.4. The largest absolute Gasteiger partial charge is 0.398 e. The van der Waals surface area contributed by atoms with Crippen molar-refractivity contribution in [2.75, 3.05) is 5.73 Å². The molecule has 0 spiro atoms. The van der Waals surface area contributed by atoms with Crippen LogP contribution in [0.25, 0.3) is 27.8 Å². The first-order chi connectivity index (χ1) is 34.0. The molecular formula is C69H71N. The molecule has 1 atom stereocenters. The fourth-order valence-electron chi connectivity index (χ4n) is 8.30. The Morgan fingerprint density at radius 2 is 0.871 bits per heavy atom. The van der Waals surface area contributed by atoms with Gasteiger partial charge in [-0.2, -0.15) is 0 Å². The maximum atomic E-state index is 6.41. The third-order valence-corrected chi connectivity index (χ3v) is 12.4. The fraction of sp³-hybridized carbons (Fsp3) is 0.159. The summed E-state index contributed by atoms with van der Waals surface area (Å²) in [6.07, 6.45) is 10.0. The first kappa shape index (κ1) is 51.6. The van der Waals surface area contributed by atoms with Crippen molar-refractivity contribution >= 4 is 11.3 Å². The Balaban J connectivity index is 0.000000180. The predicted molar refractivity (Wildman–Crippen MR) is 305 cm³/mol. The number of anilines is 1. The lowest BCUT2D eigenvalue weighted by Gasteiger charge is -2.19. The summed E-state index contributed by atoms with van der Waals surface area (Å²) < 4.78 is 0. The molecule has 0 aromatic heterocycles. The second-order valence-corrected chi connectivity index (χ2v) is 18.4. The quantitative estimate of drug-likeness (QED) is 0.158. The van der Waals surface area contributed by atoms with Gasteiger partial charge in [0.15, 0.2) is 0 Å². The van der Waals surface area contributed by atoms with Gasteiger partial charge in [-0.05, 0) is 135 Å². The van der Waals surface area contributed by atoms with Gasteiger partial charge in [-0.25, -0.2) is 0 Å². The van der Waals surface area contributed by atoms with E-state index in [9.17, 15) is 0 Å². The monoisotopic (exact) mass is 914 g/mol. The summed E-state index contributed by atoms with van der Waals surface area (Å²) in [7, 11) is 0. The smallest absolute Gasteiger partial charge is 0.0393 e. The fourth-order valence-corrected chi connectivity index (χ4v) is 8.30. The first-order valence-electron chi connectivity index (χ1n) is 24.7. The van der Waals surface area contributed by atoms with Gasteiger partial charge in [-0.1, -0.05) is 271 Å². The normalized spacial score (nSPS) is 12.2. The van der Waals surface area contributed by atoms with Crippen LogP contribution in [-0.2, 0) is 12.8 Å². The summed E-state index contributed by atoms with van der Waals surface area (Å²) >= 11 is 0. The zero-order valence-corrected chi connectivity index (χ0v) is 42.4. The van der Waals surface area contributed by atoms with Crippen molar-refractivity contribution in [3.8, 4) is 22.3 Å². The van der Waals surface area contributed by atoms with Crippen LogP contribution in [0, 0.1) is 54.4 Å². The lowest BCUT2D eigenvalue weighted by atomic mass is 9.86. The Labute approximate surface area is 420 Å². The van der Waals surface area contributed by atoms with E-state index in [0.717, 1.165) is 30.5 Å². The molecule has 70 heavy (non-hydrogen) atoms. The average Bonchev–Trinajstić information content (AvgIpc) is 3.38. The molecule has 0 bridgehead atoms. The lowest BCUT2D eigenvalue weighted by Crippen LogP contribution is -2.05. The van der Waals surface area contributed by atoms with E-state index in [-0.39, 0.29) is 0 Å². The maximum absolute atomic E-state index is 6.41. The number of para-hydroxylation sites is 1. The van der Waals surface area contributed by atoms with Crippen LogP contribution in [-0.4, -0.2) is 0 Å². The summed E-state index contributed by atoms with van der Waals surface area (Å²) in [4.78, 5) is 0. The topological polar surface area (TPSA) is 26.0 Å². The molecule has 9 aromatic rings. The van der Waals surface area contributed by atoms with Gasteiger partial charge in [0.05, 0.1) is 0 Å². The molecule has 0 saturated heterocycles. The average molecular weight is 914 g/mol. The van der Waals surface area contributed by atoms with Crippen molar-refractivity contribution in [1.29, 1.82) is 0 Å². The van der Waals surface area contributed by atoms with Crippen LogP contribution >= 0.6 is 0 Å². The molecule has 0 amide bonds. The summed E-state index contributed by atoms with van der Waals surface area (Å²) in [5, 5.41) is 0. The molecule has 1 aliphatic rings.